The molecule has 1 amide bonds. The Morgan fingerprint density at radius 3 is 2.62 bits per heavy atom. The molecule has 7 heteroatoms. The molecule has 0 bridgehead atoms. The van der Waals surface area contributed by atoms with E-state index in [2.05, 4.69) is 4.98 Å². The minimum Gasteiger partial charge on any atom is -0.481 e. The fourth-order valence-corrected chi connectivity index (χ4v) is 2.51. The van der Waals surface area contributed by atoms with Crippen molar-refractivity contribution in [1.29, 1.82) is 0 Å². The van der Waals surface area contributed by atoms with Gasteiger partial charge in [0.05, 0.1) is 5.56 Å². The number of likely N-dealkylation sites (tertiary alicyclic amines) is 1. The van der Waals surface area contributed by atoms with Gasteiger partial charge >= 0.3 is 5.97 Å². The second-order valence-corrected chi connectivity index (χ2v) is 5.13. The molecule has 1 aromatic heterocycles. The Kier molecular flexibility index (Phi) is 4.82. The molecule has 2 rings (SSSR count). The molecule has 5 nitrogen and oxygen atoms in total. The van der Waals surface area contributed by atoms with Gasteiger partial charge in [0.25, 0.3) is 5.91 Å². The molecule has 0 aliphatic carbocycles. The van der Waals surface area contributed by atoms with Gasteiger partial charge in [0.2, 0.25) is 5.95 Å². The first-order chi connectivity index (χ1) is 9.99. The number of pyridine rings is 1. The van der Waals surface area contributed by atoms with E-state index in [9.17, 15) is 18.4 Å². The van der Waals surface area contributed by atoms with E-state index in [-0.39, 0.29) is 17.9 Å². The Labute approximate surface area is 120 Å². The van der Waals surface area contributed by atoms with Gasteiger partial charge in [-0.25, -0.2) is 9.37 Å². The number of piperidine rings is 1. The van der Waals surface area contributed by atoms with Crippen LogP contribution in [0.2, 0.25) is 0 Å². The molecule has 1 fully saturated rings. The molecule has 1 aliphatic heterocycles. The van der Waals surface area contributed by atoms with Crippen molar-refractivity contribution in [3.63, 3.8) is 0 Å². The Hall–Kier alpha value is -2.05. The van der Waals surface area contributed by atoms with E-state index >= 15 is 0 Å². The number of nitrogens with zero attached hydrogens (tertiary/aromatic N) is 2. The molecular weight excluding hydrogens is 282 g/mol. The largest absolute Gasteiger partial charge is 0.481 e. The van der Waals surface area contributed by atoms with Crippen LogP contribution in [0, 0.1) is 17.7 Å². The number of hydrogen-bond donors (Lipinski definition) is 1. The van der Waals surface area contributed by atoms with Crippen molar-refractivity contribution >= 4 is 11.9 Å². The van der Waals surface area contributed by atoms with E-state index in [1.807, 2.05) is 0 Å². The van der Waals surface area contributed by atoms with Crippen molar-refractivity contribution in [2.24, 2.45) is 5.92 Å². The summed E-state index contributed by atoms with van der Waals surface area (Å²) in [5.41, 5.74) is -0.313. The lowest BCUT2D eigenvalue weighted by atomic mass is 9.92. The zero-order chi connectivity index (χ0) is 15.4. The van der Waals surface area contributed by atoms with Gasteiger partial charge < -0.3 is 10.0 Å². The van der Waals surface area contributed by atoms with Gasteiger partial charge in [0.15, 0.2) is 5.82 Å². The number of carboxylic acids is 1. The number of halogens is 2. The number of aliphatic carboxylic acids is 1. The Morgan fingerprint density at radius 2 is 2.00 bits per heavy atom. The molecule has 1 aliphatic rings. The van der Waals surface area contributed by atoms with Crippen LogP contribution in [-0.2, 0) is 4.79 Å². The third-order valence-corrected chi connectivity index (χ3v) is 3.75. The maximum absolute atomic E-state index is 13.5. The summed E-state index contributed by atoms with van der Waals surface area (Å²) in [5, 5.41) is 8.64. The van der Waals surface area contributed by atoms with E-state index in [0.29, 0.717) is 32.4 Å². The first kappa shape index (κ1) is 15.3. The number of carbonyl (C=O) groups is 2. The minimum atomic E-state index is -1.28. The second-order valence-electron chi connectivity index (χ2n) is 5.13. The zero-order valence-corrected chi connectivity index (χ0v) is 11.4. The quantitative estimate of drug-likeness (QED) is 0.864. The van der Waals surface area contributed by atoms with E-state index in [1.165, 1.54) is 4.90 Å². The molecule has 1 aromatic rings. The van der Waals surface area contributed by atoms with E-state index < -0.39 is 23.6 Å². The van der Waals surface area contributed by atoms with Crippen LogP contribution in [0.3, 0.4) is 0 Å². The standard InChI is InChI=1S/C14H16F2N2O3/c15-12-10(3-6-17-13(12)16)14(21)18-7-4-9(5-8-18)1-2-11(19)20/h3,6,9H,1-2,4-5,7-8H2,(H,19,20). The molecular formula is C14H16F2N2O3. The Morgan fingerprint density at radius 1 is 1.33 bits per heavy atom. The van der Waals surface area contributed by atoms with E-state index in [0.717, 1.165) is 12.3 Å². The van der Waals surface area contributed by atoms with Crippen molar-refractivity contribution in [2.75, 3.05) is 13.1 Å². The van der Waals surface area contributed by atoms with Gasteiger partial charge in [0, 0.05) is 25.7 Å². The minimum absolute atomic E-state index is 0.114. The number of hydrogen-bond acceptors (Lipinski definition) is 3. The monoisotopic (exact) mass is 298 g/mol. The lowest BCUT2D eigenvalue weighted by Gasteiger charge is -2.32. The number of carbonyl (C=O) groups excluding carboxylic acids is 1. The van der Waals surface area contributed by atoms with Crippen molar-refractivity contribution in [3.05, 3.63) is 29.6 Å². The first-order valence-corrected chi connectivity index (χ1v) is 6.80. The van der Waals surface area contributed by atoms with Crippen LogP contribution < -0.4 is 0 Å². The maximum atomic E-state index is 13.5. The highest BCUT2D eigenvalue weighted by Gasteiger charge is 2.26. The van der Waals surface area contributed by atoms with Gasteiger partial charge in [-0.2, -0.15) is 4.39 Å². The van der Waals surface area contributed by atoms with Gasteiger partial charge in [-0.1, -0.05) is 0 Å². The fourth-order valence-electron chi connectivity index (χ4n) is 2.51. The predicted octanol–water partition coefficient (Wildman–Crippen LogP) is 2.08. The third kappa shape index (κ3) is 3.74. The second kappa shape index (κ2) is 6.60. The molecule has 0 saturated carbocycles. The summed E-state index contributed by atoms with van der Waals surface area (Å²) in [6.45, 7) is 0.846. The molecule has 21 heavy (non-hydrogen) atoms. The molecule has 1 saturated heterocycles. The molecule has 0 unspecified atom stereocenters. The summed E-state index contributed by atoms with van der Waals surface area (Å²) >= 11 is 0. The van der Waals surface area contributed by atoms with Crippen LogP contribution in [0.15, 0.2) is 12.3 Å². The van der Waals surface area contributed by atoms with Crippen LogP contribution in [0.1, 0.15) is 36.0 Å². The predicted molar refractivity (Wildman–Crippen MR) is 69.7 cm³/mol. The van der Waals surface area contributed by atoms with Crippen molar-refractivity contribution < 1.29 is 23.5 Å². The topological polar surface area (TPSA) is 70.5 Å². The summed E-state index contributed by atoms with van der Waals surface area (Å²) in [5.74, 6) is -3.63. The molecule has 0 spiro atoms. The number of aromatic nitrogens is 1. The van der Waals surface area contributed by atoms with Gasteiger partial charge in [-0.15, -0.1) is 0 Å². The zero-order valence-electron chi connectivity index (χ0n) is 11.4. The Balaban J connectivity index is 1.94. The first-order valence-electron chi connectivity index (χ1n) is 6.80. The average molecular weight is 298 g/mol. The highest BCUT2D eigenvalue weighted by Crippen LogP contribution is 2.23. The number of rotatable bonds is 4. The van der Waals surface area contributed by atoms with E-state index in [4.69, 9.17) is 5.11 Å². The summed E-state index contributed by atoms with van der Waals surface area (Å²) in [4.78, 5) is 27.3. The summed E-state index contributed by atoms with van der Waals surface area (Å²) in [6, 6.07) is 1.16. The van der Waals surface area contributed by atoms with Crippen LogP contribution in [0.25, 0.3) is 0 Å². The summed E-state index contributed by atoms with van der Waals surface area (Å²) < 4.78 is 26.6. The van der Waals surface area contributed by atoms with Gasteiger partial charge in [-0.3, -0.25) is 9.59 Å². The normalized spacial score (nSPS) is 16.0. The van der Waals surface area contributed by atoms with Crippen LogP contribution in [0.4, 0.5) is 8.78 Å². The molecule has 0 radical (unpaired) electrons. The smallest absolute Gasteiger partial charge is 0.303 e. The van der Waals surface area contributed by atoms with Gasteiger partial charge in [-0.05, 0) is 31.2 Å². The SMILES string of the molecule is O=C(O)CCC1CCN(C(=O)c2ccnc(F)c2F)CC1. The maximum Gasteiger partial charge on any atom is 0.303 e. The lowest BCUT2D eigenvalue weighted by molar-refractivity contribution is -0.137. The van der Waals surface area contributed by atoms with Crippen molar-refractivity contribution in [2.45, 2.75) is 25.7 Å². The number of amides is 1. The molecule has 0 atom stereocenters. The van der Waals surface area contributed by atoms with Crippen LogP contribution in [0.5, 0.6) is 0 Å². The Bertz CT molecular complexity index is 543. The van der Waals surface area contributed by atoms with Gasteiger partial charge in [0.1, 0.15) is 0 Å². The van der Waals surface area contributed by atoms with Crippen LogP contribution in [-0.4, -0.2) is 40.0 Å². The fraction of sp³-hybridized carbons (Fsp3) is 0.500. The summed E-state index contributed by atoms with van der Waals surface area (Å²) in [6.07, 6.45) is 3.10. The van der Waals surface area contributed by atoms with E-state index in [1.54, 1.807) is 0 Å². The average Bonchev–Trinajstić information content (AvgIpc) is 2.48. The van der Waals surface area contributed by atoms with Crippen molar-refractivity contribution in [1.82, 2.24) is 9.88 Å². The van der Waals surface area contributed by atoms with Crippen LogP contribution >= 0.6 is 0 Å². The third-order valence-electron chi connectivity index (χ3n) is 3.75. The number of carboxylic acid groups (broad SMARTS) is 1. The molecule has 1 N–H and O–H groups in total. The molecule has 2 heterocycles. The highest BCUT2D eigenvalue weighted by atomic mass is 19.2. The lowest BCUT2D eigenvalue weighted by Crippen LogP contribution is -2.39. The highest BCUT2D eigenvalue weighted by molar-refractivity contribution is 5.94. The van der Waals surface area contributed by atoms with Crippen molar-refractivity contribution in [3.8, 4) is 0 Å². The molecule has 114 valence electrons. The summed E-state index contributed by atoms with van der Waals surface area (Å²) in [7, 11) is 0. The molecule has 0 aromatic carbocycles.